The summed E-state index contributed by atoms with van der Waals surface area (Å²) in [5, 5.41) is 6.92. The molecular weight excluding hydrogens is 457 g/mol. The van der Waals surface area contributed by atoms with Crippen molar-refractivity contribution in [3.8, 4) is 11.3 Å². The van der Waals surface area contributed by atoms with Crippen molar-refractivity contribution in [1.82, 2.24) is 19.9 Å². The third-order valence-corrected chi connectivity index (χ3v) is 6.27. The Bertz CT molecular complexity index is 1450. The molecule has 0 aliphatic carbocycles. The highest BCUT2D eigenvalue weighted by Gasteiger charge is 2.28. The van der Waals surface area contributed by atoms with Crippen molar-refractivity contribution in [2.75, 3.05) is 42.7 Å². The molecule has 0 unspecified atom stereocenters. The lowest BCUT2D eigenvalue weighted by molar-refractivity contribution is -0.111. The van der Waals surface area contributed by atoms with E-state index in [-0.39, 0.29) is 11.7 Å². The predicted molar refractivity (Wildman–Crippen MR) is 141 cm³/mol. The van der Waals surface area contributed by atoms with Crippen LogP contribution in [0.4, 0.5) is 27.4 Å². The summed E-state index contributed by atoms with van der Waals surface area (Å²) in [6, 6.07) is 14.2. The molecule has 3 heterocycles. The number of likely N-dealkylation sites (tertiary alicyclic amines) is 1. The van der Waals surface area contributed by atoms with Gasteiger partial charge in [0.05, 0.1) is 23.1 Å². The predicted octanol–water partition coefficient (Wildman–Crippen LogP) is 4.45. The van der Waals surface area contributed by atoms with Gasteiger partial charge in [0.1, 0.15) is 11.3 Å². The summed E-state index contributed by atoms with van der Waals surface area (Å²) in [6.45, 7) is 5.48. The molecule has 1 saturated heterocycles. The van der Waals surface area contributed by atoms with Gasteiger partial charge in [-0.05, 0) is 49.5 Å². The number of aromatic nitrogens is 3. The molecule has 9 heteroatoms. The van der Waals surface area contributed by atoms with E-state index in [1.165, 1.54) is 18.2 Å². The van der Waals surface area contributed by atoms with E-state index in [2.05, 4.69) is 49.0 Å². The van der Waals surface area contributed by atoms with Crippen LogP contribution >= 0.6 is 0 Å². The first-order chi connectivity index (χ1) is 17.4. The highest BCUT2D eigenvalue weighted by Crippen LogP contribution is 2.33. The molecule has 8 nitrogen and oxygen atoms in total. The Morgan fingerprint density at radius 2 is 2.03 bits per heavy atom. The lowest BCUT2D eigenvalue weighted by Gasteiger charge is -2.43. The zero-order valence-corrected chi connectivity index (χ0v) is 20.1. The number of benzene rings is 2. The molecule has 2 N–H and O–H groups in total. The van der Waals surface area contributed by atoms with Crippen LogP contribution in [0.5, 0.6) is 0 Å². The van der Waals surface area contributed by atoms with E-state index in [0.717, 1.165) is 24.2 Å². The molecule has 36 heavy (non-hydrogen) atoms. The molecule has 1 fully saturated rings. The fourth-order valence-electron chi connectivity index (χ4n) is 4.31. The van der Waals surface area contributed by atoms with Crippen LogP contribution in [0.25, 0.3) is 22.2 Å². The van der Waals surface area contributed by atoms with Gasteiger partial charge in [0.2, 0.25) is 11.9 Å². The number of amides is 1. The molecule has 0 atom stereocenters. The summed E-state index contributed by atoms with van der Waals surface area (Å²) < 4.78 is 13.8. The number of hydrogen-bond donors (Lipinski definition) is 2. The normalized spacial score (nSPS) is 13.8. The van der Waals surface area contributed by atoms with Crippen molar-refractivity contribution in [2.45, 2.75) is 6.04 Å². The van der Waals surface area contributed by atoms with Gasteiger partial charge in [0, 0.05) is 49.2 Å². The highest BCUT2D eigenvalue weighted by atomic mass is 19.1. The lowest BCUT2D eigenvalue weighted by Crippen LogP contribution is -2.56. The van der Waals surface area contributed by atoms with Crippen molar-refractivity contribution in [2.24, 2.45) is 0 Å². The first-order valence-electron chi connectivity index (χ1n) is 11.5. The molecule has 182 valence electrons. The Morgan fingerprint density at radius 3 is 2.78 bits per heavy atom. The van der Waals surface area contributed by atoms with E-state index >= 15 is 0 Å². The standard InChI is InChI=1S/C27H26FN7O/c1-4-24(36)32-22-13-20(8-9-23(22)35(3)21-15-34(2)16-21)31-27-30-14-18-10-11-29-25(26(18)33-27)17-6-5-7-19(28)12-17/h4-14,21H,1,15-16H2,2-3H3,(H,32,36)(H,30,31,33). The van der Waals surface area contributed by atoms with Crippen molar-refractivity contribution in [1.29, 1.82) is 0 Å². The number of anilines is 4. The Balaban J connectivity index is 1.48. The summed E-state index contributed by atoms with van der Waals surface area (Å²) in [6.07, 6.45) is 4.60. The second-order valence-electron chi connectivity index (χ2n) is 8.84. The van der Waals surface area contributed by atoms with E-state index < -0.39 is 0 Å². The molecule has 5 rings (SSSR count). The van der Waals surface area contributed by atoms with E-state index in [1.54, 1.807) is 24.5 Å². The van der Waals surface area contributed by atoms with Crippen LogP contribution in [0.2, 0.25) is 0 Å². The number of halogens is 1. The van der Waals surface area contributed by atoms with Gasteiger partial charge in [-0.1, -0.05) is 18.7 Å². The lowest BCUT2D eigenvalue weighted by atomic mass is 10.1. The van der Waals surface area contributed by atoms with Crippen LogP contribution in [0, 0.1) is 5.82 Å². The molecule has 0 spiro atoms. The second kappa shape index (κ2) is 9.71. The Kier molecular flexibility index (Phi) is 6.30. The summed E-state index contributed by atoms with van der Waals surface area (Å²) in [5.74, 6) is -0.275. The minimum absolute atomic E-state index is 0.291. The number of pyridine rings is 1. The van der Waals surface area contributed by atoms with Gasteiger partial charge in [0.15, 0.2) is 0 Å². The Labute approximate surface area is 208 Å². The first-order valence-corrected chi connectivity index (χ1v) is 11.5. The number of carbonyl (C=O) groups excluding carboxylic acids is 1. The topological polar surface area (TPSA) is 86.3 Å². The van der Waals surface area contributed by atoms with Crippen LogP contribution in [0.3, 0.4) is 0 Å². The number of nitrogens with zero attached hydrogens (tertiary/aromatic N) is 5. The summed E-state index contributed by atoms with van der Waals surface area (Å²) in [5.41, 5.74) is 4.07. The monoisotopic (exact) mass is 483 g/mol. The molecule has 2 aromatic carbocycles. The molecular formula is C27H26FN7O. The maximum Gasteiger partial charge on any atom is 0.247 e. The zero-order chi connectivity index (χ0) is 25.2. The summed E-state index contributed by atoms with van der Waals surface area (Å²) in [7, 11) is 4.10. The number of hydrogen-bond acceptors (Lipinski definition) is 7. The van der Waals surface area contributed by atoms with Crippen molar-refractivity contribution in [3.63, 3.8) is 0 Å². The van der Waals surface area contributed by atoms with Crippen molar-refractivity contribution in [3.05, 3.63) is 79.4 Å². The van der Waals surface area contributed by atoms with Gasteiger partial charge in [-0.25, -0.2) is 14.4 Å². The maximum absolute atomic E-state index is 13.8. The summed E-state index contributed by atoms with van der Waals surface area (Å²) >= 11 is 0. The van der Waals surface area contributed by atoms with E-state index in [1.807, 2.05) is 31.3 Å². The smallest absolute Gasteiger partial charge is 0.247 e. The minimum Gasteiger partial charge on any atom is -0.367 e. The number of likely N-dealkylation sites (N-methyl/N-ethyl adjacent to an activating group) is 2. The SMILES string of the molecule is C=CC(=O)Nc1cc(Nc2ncc3ccnc(-c4cccc(F)c4)c3n2)ccc1N(C)C1CN(C)C1. The molecule has 1 amide bonds. The minimum atomic E-state index is -0.341. The van der Waals surface area contributed by atoms with Gasteiger partial charge in [-0.2, -0.15) is 0 Å². The van der Waals surface area contributed by atoms with E-state index in [4.69, 9.17) is 0 Å². The number of carbonyl (C=O) groups is 1. The highest BCUT2D eigenvalue weighted by molar-refractivity contribution is 6.02. The number of fused-ring (bicyclic) bond motifs is 1. The van der Waals surface area contributed by atoms with Gasteiger partial charge >= 0.3 is 0 Å². The molecule has 0 bridgehead atoms. The molecule has 1 aliphatic rings. The van der Waals surface area contributed by atoms with Gasteiger partial charge in [-0.3, -0.25) is 9.78 Å². The molecule has 0 saturated carbocycles. The number of rotatable bonds is 7. The van der Waals surface area contributed by atoms with Crippen molar-refractivity contribution < 1.29 is 9.18 Å². The molecule has 0 radical (unpaired) electrons. The zero-order valence-electron chi connectivity index (χ0n) is 20.1. The Morgan fingerprint density at radius 1 is 1.19 bits per heavy atom. The molecule has 4 aromatic rings. The van der Waals surface area contributed by atoms with Crippen LogP contribution in [0.1, 0.15) is 0 Å². The van der Waals surface area contributed by atoms with Crippen molar-refractivity contribution >= 4 is 39.8 Å². The molecule has 1 aliphatic heterocycles. The van der Waals surface area contributed by atoms with Gasteiger partial charge in [-0.15, -0.1) is 0 Å². The quantitative estimate of drug-likeness (QED) is 0.376. The van der Waals surface area contributed by atoms with Crippen LogP contribution < -0.4 is 15.5 Å². The largest absolute Gasteiger partial charge is 0.367 e. The van der Waals surface area contributed by atoms with E-state index in [0.29, 0.717) is 40.1 Å². The summed E-state index contributed by atoms with van der Waals surface area (Å²) in [4.78, 5) is 30.1. The Hall–Kier alpha value is -4.37. The third-order valence-electron chi connectivity index (χ3n) is 6.27. The second-order valence-corrected chi connectivity index (χ2v) is 8.84. The fraction of sp³-hybridized carbons (Fsp3) is 0.185. The fourth-order valence-corrected chi connectivity index (χ4v) is 4.31. The van der Waals surface area contributed by atoms with Crippen LogP contribution in [0.15, 0.2) is 73.6 Å². The number of nitrogens with one attached hydrogen (secondary N) is 2. The maximum atomic E-state index is 13.8. The van der Waals surface area contributed by atoms with Gasteiger partial charge in [0.25, 0.3) is 0 Å². The first kappa shape index (κ1) is 23.4. The van der Waals surface area contributed by atoms with Crippen LogP contribution in [-0.4, -0.2) is 59.0 Å². The van der Waals surface area contributed by atoms with E-state index in [9.17, 15) is 9.18 Å². The average molecular weight is 484 g/mol. The third kappa shape index (κ3) is 4.73. The average Bonchev–Trinajstić information content (AvgIpc) is 2.86. The van der Waals surface area contributed by atoms with Gasteiger partial charge < -0.3 is 20.4 Å². The van der Waals surface area contributed by atoms with Crippen LogP contribution in [-0.2, 0) is 4.79 Å². The molecule has 2 aromatic heterocycles.